The van der Waals surface area contributed by atoms with E-state index in [0.717, 1.165) is 0 Å². The Morgan fingerprint density at radius 2 is 1.93 bits per heavy atom. The van der Waals surface area contributed by atoms with Gasteiger partial charge in [-0.05, 0) is 26.0 Å². The lowest BCUT2D eigenvalue weighted by Gasteiger charge is -2.11. The van der Waals surface area contributed by atoms with Crippen LogP contribution in [-0.4, -0.2) is 38.5 Å². The normalized spacial score (nSPS) is 10.8. The lowest BCUT2D eigenvalue weighted by molar-refractivity contribution is 0.0589. The Bertz CT molecular complexity index is 1110. The van der Waals surface area contributed by atoms with Crippen LogP contribution in [0.4, 0.5) is 5.69 Å². The average molecular weight is 369 g/mol. The molecule has 0 aliphatic rings. The molecule has 2 aromatic heterocycles. The maximum atomic E-state index is 12.8. The van der Waals surface area contributed by atoms with Crippen LogP contribution in [0, 0.1) is 6.92 Å². The third kappa shape index (κ3) is 3.07. The Hall–Kier alpha value is -3.49. The molecule has 0 fully saturated rings. The zero-order valence-corrected chi connectivity index (χ0v) is 15.4. The van der Waals surface area contributed by atoms with Gasteiger partial charge >= 0.3 is 5.97 Å². The molecule has 2 heterocycles. The number of anilines is 1. The maximum Gasteiger partial charge on any atom is 0.358 e. The number of amides is 1. The van der Waals surface area contributed by atoms with Crippen molar-refractivity contribution < 1.29 is 14.3 Å². The number of hydrogen-bond donors (Lipinski definition) is 1. The average Bonchev–Trinajstić information content (AvgIpc) is 2.94. The molecule has 0 spiro atoms. The van der Waals surface area contributed by atoms with Crippen LogP contribution < -0.4 is 10.7 Å². The predicted molar refractivity (Wildman–Crippen MR) is 98.9 cm³/mol. The molecular weight excluding hydrogens is 350 g/mol. The van der Waals surface area contributed by atoms with Crippen LogP contribution in [0.2, 0.25) is 0 Å². The fourth-order valence-electron chi connectivity index (χ4n) is 2.94. The van der Waals surface area contributed by atoms with Crippen LogP contribution in [0.25, 0.3) is 10.9 Å². The number of ether oxygens (including phenoxy) is 1. The van der Waals surface area contributed by atoms with E-state index in [1.54, 1.807) is 42.9 Å². The molecule has 0 aliphatic carbocycles. The second kappa shape index (κ2) is 7.02. The molecule has 27 heavy (non-hydrogen) atoms. The number of fused-ring (bicyclic) bond motifs is 1. The number of benzene rings is 1. The lowest BCUT2D eigenvalue weighted by atomic mass is 10.2. The summed E-state index contributed by atoms with van der Waals surface area (Å²) in [6, 6.07) is 6.95. The summed E-state index contributed by atoms with van der Waals surface area (Å²) in [4.78, 5) is 37.6. The molecule has 9 heteroatoms. The monoisotopic (exact) mass is 369 g/mol. The van der Waals surface area contributed by atoms with Crippen LogP contribution in [0.5, 0.6) is 0 Å². The molecular formula is C18H19N5O4. The van der Waals surface area contributed by atoms with Gasteiger partial charge in [-0.25, -0.2) is 4.79 Å². The summed E-state index contributed by atoms with van der Waals surface area (Å²) >= 11 is 0. The van der Waals surface area contributed by atoms with Gasteiger partial charge in [0.2, 0.25) is 5.43 Å². The molecule has 3 rings (SSSR count). The molecule has 3 aromatic rings. The largest absolute Gasteiger partial charge is 0.464 e. The predicted octanol–water partition coefficient (Wildman–Crippen LogP) is 1.50. The van der Waals surface area contributed by atoms with Crippen LogP contribution in [0.1, 0.15) is 33.6 Å². The summed E-state index contributed by atoms with van der Waals surface area (Å²) < 4.78 is 7.64. The van der Waals surface area contributed by atoms with E-state index in [1.165, 1.54) is 11.8 Å². The van der Waals surface area contributed by atoms with E-state index in [-0.39, 0.29) is 17.1 Å². The highest BCUT2D eigenvalue weighted by Gasteiger charge is 2.25. The molecule has 9 nitrogen and oxygen atoms in total. The quantitative estimate of drug-likeness (QED) is 0.698. The Kier molecular flexibility index (Phi) is 4.76. The number of carbonyl (C=O) groups excluding carboxylic acids is 2. The number of esters is 1. The van der Waals surface area contributed by atoms with Crippen LogP contribution in [0.15, 0.2) is 29.1 Å². The van der Waals surface area contributed by atoms with Gasteiger partial charge in [0.15, 0.2) is 11.4 Å². The van der Waals surface area contributed by atoms with Crippen molar-refractivity contribution in [3.63, 3.8) is 0 Å². The van der Waals surface area contributed by atoms with Crippen molar-refractivity contribution >= 4 is 28.5 Å². The molecule has 140 valence electrons. The molecule has 0 saturated heterocycles. The molecule has 0 unspecified atom stereocenters. The minimum atomic E-state index is -0.714. The van der Waals surface area contributed by atoms with Gasteiger partial charge in [0.1, 0.15) is 0 Å². The number of aromatic nitrogens is 4. The van der Waals surface area contributed by atoms with Gasteiger partial charge in [-0.3, -0.25) is 19.0 Å². The van der Waals surface area contributed by atoms with E-state index in [9.17, 15) is 14.4 Å². The summed E-state index contributed by atoms with van der Waals surface area (Å²) in [7, 11) is 2.80. The Balaban J connectivity index is 2.10. The Morgan fingerprint density at radius 1 is 1.22 bits per heavy atom. The molecule has 1 amide bonds. The number of para-hydroxylation sites is 1. The summed E-state index contributed by atoms with van der Waals surface area (Å²) in [5, 5.41) is 11.3. The summed E-state index contributed by atoms with van der Waals surface area (Å²) in [5.41, 5.74) is 0.604. The topological polar surface area (TPSA) is 108 Å². The van der Waals surface area contributed by atoms with Crippen molar-refractivity contribution in [3.8, 4) is 0 Å². The van der Waals surface area contributed by atoms with E-state index in [0.29, 0.717) is 23.1 Å². The van der Waals surface area contributed by atoms with Crippen molar-refractivity contribution in [2.24, 2.45) is 7.05 Å². The minimum absolute atomic E-state index is 0.0833. The second-order valence-electron chi connectivity index (χ2n) is 5.89. The van der Waals surface area contributed by atoms with Gasteiger partial charge in [0.25, 0.3) is 5.91 Å². The van der Waals surface area contributed by atoms with E-state index in [1.807, 2.05) is 6.92 Å². The highest BCUT2D eigenvalue weighted by Crippen LogP contribution is 2.21. The number of aryl methyl sites for hydroxylation is 3. The Labute approximate surface area is 154 Å². The van der Waals surface area contributed by atoms with Crippen molar-refractivity contribution in [2.75, 3.05) is 12.4 Å². The first-order chi connectivity index (χ1) is 12.9. The molecule has 0 bridgehead atoms. The maximum absolute atomic E-state index is 12.8. The number of nitrogens with one attached hydrogen (secondary N) is 1. The van der Waals surface area contributed by atoms with Crippen molar-refractivity contribution in [3.05, 3.63) is 51.6 Å². The highest BCUT2D eigenvalue weighted by atomic mass is 16.5. The number of nitrogens with zero attached hydrogens (tertiary/aromatic N) is 4. The summed E-state index contributed by atoms with van der Waals surface area (Å²) in [6.07, 6.45) is 0. The third-order valence-corrected chi connectivity index (χ3v) is 4.22. The Morgan fingerprint density at radius 3 is 2.59 bits per heavy atom. The van der Waals surface area contributed by atoms with Gasteiger partial charge in [-0.2, -0.15) is 10.2 Å². The first kappa shape index (κ1) is 18.3. The fourth-order valence-corrected chi connectivity index (χ4v) is 2.94. The van der Waals surface area contributed by atoms with Gasteiger partial charge in [0.05, 0.1) is 24.0 Å². The van der Waals surface area contributed by atoms with Crippen molar-refractivity contribution in [2.45, 2.75) is 20.4 Å². The first-order valence-corrected chi connectivity index (χ1v) is 8.32. The number of methoxy groups -OCH3 is 1. The summed E-state index contributed by atoms with van der Waals surface area (Å²) in [6.45, 7) is 3.99. The highest BCUT2D eigenvalue weighted by molar-refractivity contribution is 6.07. The molecule has 1 N–H and O–H groups in total. The minimum Gasteiger partial charge on any atom is -0.464 e. The standard InChI is InChI=1S/C18H19N5O4/c1-5-23-12-9-7-6-8-11(12)16(24)14(21-23)17(25)19-13-10(2)20-22(3)15(13)18(26)27-4/h6-9H,5H2,1-4H3,(H,19,25). The van der Waals surface area contributed by atoms with Gasteiger partial charge in [-0.1, -0.05) is 12.1 Å². The zero-order chi connectivity index (χ0) is 19.7. The number of rotatable bonds is 4. The van der Waals surface area contributed by atoms with E-state index in [2.05, 4.69) is 15.5 Å². The second-order valence-corrected chi connectivity index (χ2v) is 5.89. The number of hydrogen-bond acceptors (Lipinski definition) is 6. The molecule has 0 radical (unpaired) electrons. The van der Waals surface area contributed by atoms with Crippen LogP contribution in [-0.2, 0) is 18.3 Å². The zero-order valence-electron chi connectivity index (χ0n) is 15.4. The van der Waals surface area contributed by atoms with Crippen LogP contribution >= 0.6 is 0 Å². The first-order valence-electron chi connectivity index (χ1n) is 8.32. The smallest absolute Gasteiger partial charge is 0.358 e. The lowest BCUT2D eigenvalue weighted by Crippen LogP contribution is -2.27. The fraction of sp³-hybridized carbons (Fsp3) is 0.278. The van der Waals surface area contributed by atoms with Crippen molar-refractivity contribution in [1.29, 1.82) is 0 Å². The van der Waals surface area contributed by atoms with Gasteiger partial charge in [-0.15, -0.1) is 0 Å². The van der Waals surface area contributed by atoms with Gasteiger partial charge < -0.3 is 10.1 Å². The van der Waals surface area contributed by atoms with E-state index in [4.69, 9.17) is 4.74 Å². The van der Waals surface area contributed by atoms with E-state index < -0.39 is 17.3 Å². The number of carbonyl (C=O) groups is 2. The van der Waals surface area contributed by atoms with Crippen molar-refractivity contribution in [1.82, 2.24) is 19.6 Å². The molecule has 0 saturated carbocycles. The SMILES string of the molecule is CCn1nc(C(=O)Nc2c(C)nn(C)c2C(=O)OC)c(=O)c2ccccc21. The molecule has 1 aromatic carbocycles. The third-order valence-electron chi connectivity index (χ3n) is 4.22. The molecule has 0 aliphatic heterocycles. The molecule has 0 atom stereocenters. The van der Waals surface area contributed by atoms with Crippen LogP contribution in [0.3, 0.4) is 0 Å². The van der Waals surface area contributed by atoms with E-state index >= 15 is 0 Å². The summed E-state index contributed by atoms with van der Waals surface area (Å²) in [5.74, 6) is -1.36. The van der Waals surface area contributed by atoms with Gasteiger partial charge in [0, 0.05) is 19.0 Å².